The molecule has 104 valence electrons. The Morgan fingerprint density at radius 1 is 1.47 bits per heavy atom. The average Bonchev–Trinajstić information content (AvgIpc) is 2.35. The second-order valence-corrected chi connectivity index (χ2v) is 5.81. The van der Waals surface area contributed by atoms with Crippen molar-refractivity contribution in [3.8, 4) is 5.75 Å². The van der Waals surface area contributed by atoms with Crippen LogP contribution >= 0.6 is 0 Å². The van der Waals surface area contributed by atoms with E-state index in [1.165, 1.54) is 5.56 Å². The maximum Gasteiger partial charge on any atom is 0.224 e. The topological polar surface area (TPSA) is 64.4 Å². The Kier molecular flexibility index (Phi) is 4.10. The molecule has 1 aliphatic rings. The van der Waals surface area contributed by atoms with Gasteiger partial charge in [-0.15, -0.1) is 0 Å². The van der Waals surface area contributed by atoms with E-state index in [-0.39, 0.29) is 11.4 Å². The lowest BCUT2D eigenvalue weighted by molar-refractivity contribution is -0.116. The number of nitrogens with one attached hydrogen (secondary N) is 1. The number of ether oxygens (including phenoxy) is 1. The third-order valence-electron chi connectivity index (χ3n) is 3.19. The first-order chi connectivity index (χ1) is 8.94. The lowest BCUT2D eigenvalue weighted by Gasteiger charge is -2.19. The SMILES string of the molecule is CC(C)(N)CCC(=O)Nc1ccc2c(c1)CCCO2. The van der Waals surface area contributed by atoms with Gasteiger partial charge in [0.15, 0.2) is 0 Å². The van der Waals surface area contributed by atoms with Crippen LogP contribution < -0.4 is 15.8 Å². The van der Waals surface area contributed by atoms with Gasteiger partial charge in [-0.2, -0.15) is 0 Å². The van der Waals surface area contributed by atoms with Gasteiger partial charge in [-0.25, -0.2) is 0 Å². The molecule has 0 unspecified atom stereocenters. The Morgan fingerprint density at radius 3 is 3.00 bits per heavy atom. The van der Waals surface area contributed by atoms with Crippen LogP contribution in [0.4, 0.5) is 5.69 Å². The monoisotopic (exact) mass is 262 g/mol. The molecule has 0 radical (unpaired) electrons. The van der Waals surface area contributed by atoms with Crippen LogP contribution in [0, 0.1) is 0 Å². The van der Waals surface area contributed by atoms with Crippen LogP contribution in [0.2, 0.25) is 0 Å². The number of carbonyl (C=O) groups excluding carboxylic acids is 1. The van der Waals surface area contributed by atoms with Crippen molar-refractivity contribution >= 4 is 11.6 Å². The number of carbonyl (C=O) groups is 1. The zero-order valence-electron chi connectivity index (χ0n) is 11.7. The molecule has 0 atom stereocenters. The standard InChI is InChI=1S/C15H22N2O2/c1-15(2,16)8-7-14(18)17-12-5-6-13-11(10-12)4-3-9-19-13/h5-6,10H,3-4,7-9,16H2,1-2H3,(H,17,18). The summed E-state index contributed by atoms with van der Waals surface area (Å²) in [6, 6.07) is 5.81. The molecule has 1 aromatic carbocycles. The molecule has 0 aromatic heterocycles. The molecule has 1 aromatic rings. The van der Waals surface area contributed by atoms with Gasteiger partial charge in [-0.05, 0) is 56.9 Å². The van der Waals surface area contributed by atoms with Crippen LogP contribution in [0.1, 0.15) is 38.7 Å². The van der Waals surface area contributed by atoms with Crippen LogP contribution in [0.5, 0.6) is 5.75 Å². The minimum absolute atomic E-state index is 0.00945. The van der Waals surface area contributed by atoms with Gasteiger partial charge in [0.25, 0.3) is 0 Å². The van der Waals surface area contributed by atoms with Crippen LogP contribution in [-0.4, -0.2) is 18.1 Å². The molecule has 0 fully saturated rings. The number of benzene rings is 1. The second kappa shape index (κ2) is 5.61. The molecular formula is C15H22N2O2. The summed E-state index contributed by atoms with van der Waals surface area (Å²) in [5.41, 5.74) is 7.57. The maximum absolute atomic E-state index is 11.8. The molecule has 2 rings (SSSR count). The number of nitrogens with two attached hydrogens (primary N) is 1. The minimum atomic E-state index is -0.305. The van der Waals surface area contributed by atoms with Crippen LogP contribution in [0.25, 0.3) is 0 Å². The molecule has 1 heterocycles. The van der Waals surface area contributed by atoms with Crippen molar-refractivity contribution < 1.29 is 9.53 Å². The fourth-order valence-corrected chi connectivity index (χ4v) is 2.10. The van der Waals surface area contributed by atoms with Crippen molar-refractivity contribution in [1.82, 2.24) is 0 Å². The van der Waals surface area contributed by atoms with Gasteiger partial charge in [0.2, 0.25) is 5.91 Å². The van der Waals surface area contributed by atoms with E-state index in [1.54, 1.807) is 0 Å². The molecule has 1 aliphatic heterocycles. The minimum Gasteiger partial charge on any atom is -0.493 e. The molecule has 4 heteroatoms. The molecule has 0 bridgehead atoms. The highest BCUT2D eigenvalue weighted by atomic mass is 16.5. The fourth-order valence-electron chi connectivity index (χ4n) is 2.10. The highest BCUT2D eigenvalue weighted by Crippen LogP contribution is 2.27. The normalized spacial score (nSPS) is 14.5. The zero-order valence-corrected chi connectivity index (χ0v) is 11.7. The second-order valence-electron chi connectivity index (χ2n) is 5.81. The molecule has 0 saturated heterocycles. The highest BCUT2D eigenvalue weighted by molar-refractivity contribution is 5.90. The van der Waals surface area contributed by atoms with Crippen LogP contribution in [0.15, 0.2) is 18.2 Å². The zero-order chi connectivity index (χ0) is 13.9. The van der Waals surface area contributed by atoms with Crippen LogP contribution in [0.3, 0.4) is 0 Å². The third kappa shape index (κ3) is 4.24. The summed E-state index contributed by atoms with van der Waals surface area (Å²) in [7, 11) is 0. The van der Waals surface area contributed by atoms with Crippen molar-refractivity contribution in [2.24, 2.45) is 5.73 Å². The van der Waals surface area contributed by atoms with Gasteiger partial charge >= 0.3 is 0 Å². The summed E-state index contributed by atoms with van der Waals surface area (Å²) in [6.07, 6.45) is 3.16. The third-order valence-corrected chi connectivity index (χ3v) is 3.19. The van der Waals surface area contributed by atoms with Gasteiger partial charge in [-0.3, -0.25) is 4.79 Å². The summed E-state index contributed by atoms with van der Waals surface area (Å²) in [5.74, 6) is 0.947. The van der Waals surface area contributed by atoms with E-state index in [4.69, 9.17) is 10.5 Å². The van der Waals surface area contributed by atoms with E-state index in [9.17, 15) is 4.79 Å². The van der Waals surface area contributed by atoms with E-state index in [1.807, 2.05) is 32.0 Å². The van der Waals surface area contributed by atoms with E-state index < -0.39 is 0 Å². The molecule has 0 spiro atoms. The van der Waals surface area contributed by atoms with Crippen molar-refractivity contribution in [1.29, 1.82) is 0 Å². The van der Waals surface area contributed by atoms with Gasteiger partial charge in [0.05, 0.1) is 6.61 Å². The average molecular weight is 262 g/mol. The summed E-state index contributed by atoms with van der Waals surface area (Å²) < 4.78 is 5.55. The summed E-state index contributed by atoms with van der Waals surface area (Å²) in [6.45, 7) is 4.64. The number of rotatable bonds is 4. The van der Waals surface area contributed by atoms with Gasteiger partial charge in [0, 0.05) is 17.6 Å². The number of hydrogen-bond acceptors (Lipinski definition) is 3. The fraction of sp³-hybridized carbons (Fsp3) is 0.533. The summed E-state index contributed by atoms with van der Waals surface area (Å²) in [5, 5.41) is 2.91. The van der Waals surface area contributed by atoms with E-state index >= 15 is 0 Å². The molecule has 0 aliphatic carbocycles. The largest absolute Gasteiger partial charge is 0.493 e. The molecule has 0 saturated carbocycles. The molecular weight excluding hydrogens is 240 g/mol. The van der Waals surface area contributed by atoms with E-state index in [0.717, 1.165) is 30.9 Å². The number of amides is 1. The van der Waals surface area contributed by atoms with Crippen molar-refractivity contribution in [3.63, 3.8) is 0 Å². The lowest BCUT2D eigenvalue weighted by atomic mass is 10.00. The van der Waals surface area contributed by atoms with E-state index in [0.29, 0.717) is 12.8 Å². The van der Waals surface area contributed by atoms with E-state index in [2.05, 4.69) is 5.32 Å². The Morgan fingerprint density at radius 2 is 2.26 bits per heavy atom. The van der Waals surface area contributed by atoms with Crippen molar-refractivity contribution in [3.05, 3.63) is 23.8 Å². The maximum atomic E-state index is 11.8. The number of fused-ring (bicyclic) bond motifs is 1. The summed E-state index contributed by atoms with van der Waals surface area (Å²) >= 11 is 0. The number of aryl methyl sites for hydroxylation is 1. The molecule has 3 N–H and O–H groups in total. The van der Waals surface area contributed by atoms with Gasteiger partial charge in [0.1, 0.15) is 5.75 Å². The first-order valence-electron chi connectivity index (χ1n) is 6.78. The number of anilines is 1. The number of hydrogen-bond donors (Lipinski definition) is 2. The summed E-state index contributed by atoms with van der Waals surface area (Å²) in [4.78, 5) is 11.8. The van der Waals surface area contributed by atoms with Crippen LogP contribution in [-0.2, 0) is 11.2 Å². The van der Waals surface area contributed by atoms with Crippen molar-refractivity contribution in [2.75, 3.05) is 11.9 Å². The quantitative estimate of drug-likeness (QED) is 0.876. The highest BCUT2D eigenvalue weighted by Gasteiger charge is 2.14. The Hall–Kier alpha value is -1.55. The van der Waals surface area contributed by atoms with Gasteiger partial charge < -0.3 is 15.8 Å². The Bertz CT molecular complexity index is 464. The molecule has 19 heavy (non-hydrogen) atoms. The first-order valence-corrected chi connectivity index (χ1v) is 6.78. The van der Waals surface area contributed by atoms with Gasteiger partial charge in [-0.1, -0.05) is 0 Å². The van der Waals surface area contributed by atoms with Crippen molar-refractivity contribution in [2.45, 2.75) is 45.1 Å². The predicted octanol–water partition coefficient (Wildman–Crippen LogP) is 2.47. The lowest BCUT2D eigenvalue weighted by Crippen LogP contribution is -2.33. The predicted molar refractivity (Wildman–Crippen MR) is 76.4 cm³/mol. The first kappa shape index (κ1) is 13.9. The molecule has 4 nitrogen and oxygen atoms in total. The smallest absolute Gasteiger partial charge is 0.224 e. The molecule has 1 amide bonds. The Labute approximate surface area is 114 Å². The Balaban J connectivity index is 1.94.